The van der Waals surface area contributed by atoms with Crippen molar-refractivity contribution in [3.63, 3.8) is 0 Å². The highest BCUT2D eigenvalue weighted by Gasteiger charge is 2.16. The number of aromatic hydroxyl groups is 1. The van der Waals surface area contributed by atoms with Crippen LogP contribution in [0.3, 0.4) is 0 Å². The molecule has 1 atom stereocenters. The van der Waals surface area contributed by atoms with E-state index in [1.807, 2.05) is 43.5 Å². The van der Waals surface area contributed by atoms with E-state index < -0.39 is 5.91 Å². The minimum absolute atomic E-state index is 0.0151. The molecule has 146 valence electrons. The number of amides is 1. The van der Waals surface area contributed by atoms with E-state index in [1.54, 1.807) is 19.2 Å². The fourth-order valence-corrected chi connectivity index (χ4v) is 3.99. The summed E-state index contributed by atoms with van der Waals surface area (Å²) >= 11 is 1.50. The molecule has 3 aromatic rings. The van der Waals surface area contributed by atoms with E-state index in [2.05, 4.69) is 4.57 Å². The van der Waals surface area contributed by atoms with Crippen molar-refractivity contribution in [2.45, 2.75) is 19.9 Å². The largest absolute Gasteiger partial charge is 0.507 e. The third kappa shape index (κ3) is 4.16. The number of ether oxygens (including phenoxy) is 1. The van der Waals surface area contributed by atoms with Gasteiger partial charge in [-0.25, -0.2) is 4.99 Å². The maximum absolute atomic E-state index is 11.6. The monoisotopic (exact) mass is 397 g/mol. The third-order valence-electron chi connectivity index (χ3n) is 4.41. The van der Waals surface area contributed by atoms with Crippen molar-refractivity contribution in [3.05, 3.63) is 63.8 Å². The van der Waals surface area contributed by atoms with Crippen LogP contribution in [0.4, 0.5) is 5.69 Å². The molecule has 0 spiro atoms. The summed E-state index contributed by atoms with van der Waals surface area (Å²) < 4.78 is 7.42. The van der Waals surface area contributed by atoms with Gasteiger partial charge in [-0.2, -0.15) is 0 Å². The Bertz CT molecular complexity index is 1050. The van der Waals surface area contributed by atoms with E-state index in [9.17, 15) is 9.90 Å². The summed E-state index contributed by atoms with van der Waals surface area (Å²) in [5.74, 6) is -0.803. The average molecular weight is 398 g/mol. The van der Waals surface area contributed by atoms with Crippen molar-refractivity contribution in [2.75, 3.05) is 13.7 Å². The number of thiazole rings is 1. The second kappa shape index (κ2) is 8.41. The molecule has 6 nitrogen and oxygen atoms in total. The number of primary amides is 1. The zero-order valence-corrected chi connectivity index (χ0v) is 16.9. The third-order valence-corrected chi connectivity index (χ3v) is 5.25. The highest BCUT2D eigenvalue weighted by atomic mass is 32.1. The lowest BCUT2D eigenvalue weighted by molar-refractivity contribution is 0.0998. The highest BCUT2D eigenvalue weighted by Crippen LogP contribution is 2.28. The molecular formula is C21H23N3O3S. The number of methoxy groups -OCH3 is 1. The summed E-state index contributed by atoms with van der Waals surface area (Å²) in [6.07, 6.45) is 0. The quantitative estimate of drug-likeness (QED) is 0.663. The number of aromatic nitrogens is 1. The molecular weight excluding hydrogens is 374 g/mol. The predicted molar refractivity (Wildman–Crippen MR) is 111 cm³/mol. The Hall–Kier alpha value is -2.90. The Balaban J connectivity index is 2.17. The van der Waals surface area contributed by atoms with Gasteiger partial charge in [0, 0.05) is 18.1 Å². The van der Waals surface area contributed by atoms with Crippen molar-refractivity contribution >= 4 is 22.9 Å². The standard InChI is InChI=1S/C21H23N3O3S/c1-13-4-7-16(8-5-13)23-21-24(14(2)11-27-3)18(12-28-21)15-6-9-19(25)17(10-15)20(22)26/h4-10,12,14,25H,11H2,1-3H3,(H2,22,26)/t14-/m1/s1. The molecule has 2 aromatic carbocycles. The molecule has 28 heavy (non-hydrogen) atoms. The first-order valence-electron chi connectivity index (χ1n) is 8.84. The molecule has 3 rings (SSSR count). The summed E-state index contributed by atoms with van der Waals surface area (Å²) in [4.78, 5) is 17.2. The van der Waals surface area contributed by atoms with E-state index in [4.69, 9.17) is 15.5 Å². The lowest BCUT2D eigenvalue weighted by Crippen LogP contribution is -2.23. The van der Waals surface area contributed by atoms with Gasteiger partial charge in [-0.15, -0.1) is 11.3 Å². The molecule has 0 bridgehead atoms. The number of benzene rings is 2. The molecule has 0 aliphatic carbocycles. The molecule has 1 aromatic heterocycles. The smallest absolute Gasteiger partial charge is 0.252 e. The summed E-state index contributed by atoms with van der Waals surface area (Å²) in [6, 6.07) is 12.9. The van der Waals surface area contributed by atoms with Crippen molar-refractivity contribution in [3.8, 4) is 17.0 Å². The van der Waals surface area contributed by atoms with Gasteiger partial charge in [0.2, 0.25) is 0 Å². The molecule has 0 unspecified atom stereocenters. The molecule has 3 N–H and O–H groups in total. The number of aryl methyl sites for hydroxylation is 1. The lowest BCUT2D eigenvalue weighted by atomic mass is 10.1. The van der Waals surface area contributed by atoms with Crippen LogP contribution in [0.25, 0.3) is 11.3 Å². The molecule has 7 heteroatoms. The van der Waals surface area contributed by atoms with Crippen LogP contribution >= 0.6 is 11.3 Å². The number of nitrogens with two attached hydrogens (primary N) is 1. The van der Waals surface area contributed by atoms with Crippen LogP contribution < -0.4 is 10.5 Å². The van der Waals surface area contributed by atoms with Gasteiger partial charge in [0.1, 0.15) is 5.75 Å². The summed E-state index contributed by atoms with van der Waals surface area (Å²) in [6.45, 7) is 4.59. The Labute approximate surface area is 167 Å². The van der Waals surface area contributed by atoms with E-state index in [-0.39, 0.29) is 17.4 Å². The van der Waals surface area contributed by atoms with Gasteiger partial charge in [-0.1, -0.05) is 17.7 Å². The molecule has 1 amide bonds. The Morgan fingerprint density at radius 1 is 1.29 bits per heavy atom. The lowest BCUT2D eigenvalue weighted by Gasteiger charge is -2.17. The van der Waals surface area contributed by atoms with E-state index in [0.29, 0.717) is 6.61 Å². The maximum atomic E-state index is 11.6. The van der Waals surface area contributed by atoms with Gasteiger partial charge in [-0.3, -0.25) is 4.79 Å². The van der Waals surface area contributed by atoms with Crippen LogP contribution in [0, 0.1) is 6.92 Å². The first-order valence-corrected chi connectivity index (χ1v) is 9.72. The van der Waals surface area contributed by atoms with Gasteiger partial charge < -0.3 is 20.1 Å². The van der Waals surface area contributed by atoms with Gasteiger partial charge in [0.15, 0.2) is 4.80 Å². The second-order valence-electron chi connectivity index (χ2n) is 6.62. The molecule has 0 radical (unpaired) electrons. The second-order valence-corrected chi connectivity index (χ2v) is 7.46. The topological polar surface area (TPSA) is 89.8 Å². The van der Waals surface area contributed by atoms with Gasteiger partial charge in [-0.05, 0) is 44.2 Å². The molecule has 0 saturated heterocycles. The molecule has 0 saturated carbocycles. The van der Waals surface area contributed by atoms with Gasteiger partial charge >= 0.3 is 0 Å². The predicted octanol–water partition coefficient (Wildman–Crippen LogP) is 3.77. The normalized spacial score (nSPS) is 12.9. The van der Waals surface area contributed by atoms with Crippen molar-refractivity contribution in [1.82, 2.24) is 4.57 Å². The summed E-state index contributed by atoms with van der Waals surface area (Å²) in [7, 11) is 1.66. The van der Waals surface area contributed by atoms with Crippen LogP contribution in [0.1, 0.15) is 28.9 Å². The van der Waals surface area contributed by atoms with E-state index in [0.717, 1.165) is 21.7 Å². The number of hydrogen-bond donors (Lipinski definition) is 2. The van der Waals surface area contributed by atoms with E-state index in [1.165, 1.54) is 23.0 Å². The van der Waals surface area contributed by atoms with Crippen LogP contribution in [-0.4, -0.2) is 29.3 Å². The van der Waals surface area contributed by atoms with Crippen LogP contribution in [-0.2, 0) is 4.74 Å². The highest BCUT2D eigenvalue weighted by molar-refractivity contribution is 7.07. The zero-order chi connectivity index (χ0) is 20.3. The van der Waals surface area contributed by atoms with Gasteiger partial charge in [0.05, 0.1) is 29.6 Å². The van der Waals surface area contributed by atoms with Crippen LogP contribution in [0.5, 0.6) is 5.75 Å². The SMILES string of the molecule is COC[C@@H](C)n1c(-c2ccc(O)c(C(N)=O)c2)csc1=Nc1ccc(C)cc1. The number of nitrogens with zero attached hydrogens (tertiary/aromatic N) is 2. The number of carbonyl (C=O) groups is 1. The van der Waals surface area contributed by atoms with E-state index >= 15 is 0 Å². The Kier molecular flexibility index (Phi) is 5.96. The number of carbonyl (C=O) groups excluding carboxylic acids is 1. The Morgan fingerprint density at radius 3 is 2.64 bits per heavy atom. The van der Waals surface area contributed by atoms with Gasteiger partial charge in [0.25, 0.3) is 5.91 Å². The number of rotatable bonds is 6. The van der Waals surface area contributed by atoms with Crippen LogP contribution in [0.15, 0.2) is 52.8 Å². The first-order chi connectivity index (χ1) is 13.4. The summed E-state index contributed by atoms with van der Waals surface area (Å²) in [5.41, 5.74) is 9.16. The number of hydrogen-bond acceptors (Lipinski definition) is 5. The molecule has 0 aliphatic heterocycles. The average Bonchev–Trinajstić information content (AvgIpc) is 3.07. The fourth-order valence-electron chi connectivity index (χ4n) is 2.98. The number of phenols is 1. The van der Waals surface area contributed by atoms with Crippen LogP contribution in [0.2, 0.25) is 0 Å². The molecule has 0 fully saturated rings. The minimum atomic E-state index is -0.671. The van der Waals surface area contributed by atoms with Crippen molar-refractivity contribution in [1.29, 1.82) is 0 Å². The first kappa shape index (κ1) is 19.9. The maximum Gasteiger partial charge on any atom is 0.252 e. The summed E-state index contributed by atoms with van der Waals surface area (Å²) in [5, 5.41) is 11.9. The van der Waals surface area contributed by atoms with Crippen molar-refractivity contribution in [2.24, 2.45) is 10.7 Å². The fraction of sp³-hybridized carbons (Fsp3) is 0.238. The minimum Gasteiger partial charge on any atom is -0.507 e. The zero-order valence-electron chi connectivity index (χ0n) is 16.0. The van der Waals surface area contributed by atoms with Crippen molar-refractivity contribution < 1.29 is 14.6 Å². The Morgan fingerprint density at radius 2 is 2.00 bits per heavy atom. The molecule has 1 heterocycles. The molecule has 0 aliphatic rings.